The summed E-state index contributed by atoms with van der Waals surface area (Å²) in [6, 6.07) is 7.82. The highest BCUT2D eigenvalue weighted by molar-refractivity contribution is 9.10. The fourth-order valence-electron chi connectivity index (χ4n) is 5.24. The summed E-state index contributed by atoms with van der Waals surface area (Å²) < 4.78 is 29.8. The van der Waals surface area contributed by atoms with Gasteiger partial charge in [0.05, 0.1) is 6.20 Å². The third-order valence-electron chi connectivity index (χ3n) is 7.70. The van der Waals surface area contributed by atoms with E-state index in [0.29, 0.717) is 30.0 Å². The van der Waals surface area contributed by atoms with E-state index in [0.717, 1.165) is 40.5 Å². The number of nitrogens with zero attached hydrogens (tertiary/aromatic N) is 7. The van der Waals surface area contributed by atoms with Crippen LogP contribution in [0.1, 0.15) is 44.2 Å². The van der Waals surface area contributed by atoms with Crippen molar-refractivity contribution in [1.29, 1.82) is 0 Å². The molecule has 3 aliphatic rings. The van der Waals surface area contributed by atoms with E-state index in [1.54, 1.807) is 4.68 Å². The average Bonchev–Trinajstić information content (AvgIpc) is 3.39. The number of alkyl halides is 2. The number of anilines is 2. The van der Waals surface area contributed by atoms with E-state index in [-0.39, 0.29) is 12.8 Å². The van der Waals surface area contributed by atoms with Crippen molar-refractivity contribution in [2.24, 2.45) is 5.41 Å². The van der Waals surface area contributed by atoms with E-state index >= 15 is 0 Å². The maximum Gasteiger partial charge on any atom is 0.251 e. The molecule has 3 fully saturated rings. The van der Waals surface area contributed by atoms with Gasteiger partial charge in [0.1, 0.15) is 21.8 Å². The van der Waals surface area contributed by atoms with Gasteiger partial charge in [0, 0.05) is 50.3 Å². The Bertz CT molecular complexity index is 1240. The fraction of sp³-hybridized carbons (Fsp3) is 0.520. The van der Waals surface area contributed by atoms with E-state index < -0.39 is 5.92 Å². The molecule has 0 aromatic carbocycles. The van der Waals surface area contributed by atoms with Crippen molar-refractivity contribution in [2.75, 3.05) is 36.0 Å². The van der Waals surface area contributed by atoms with E-state index in [1.807, 2.05) is 42.3 Å². The van der Waals surface area contributed by atoms with Crippen LogP contribution in [-0.4, -0.2) is 57.1 Å². The number of halogens is 3. The molecule has 6 rings (SSSR count). The van der Waals surface area contributed by atoms with Gasteiger partial charge in [-0.15, -0.1) is 5.10 Å². The minimum Gasteiger partial charge on any atom is -0.356 e. The second-order valence-corrected chi connectivity index (χ2v) is 11.0. The molecule has 0 radical (unpaired) electrons. The maximum absolute atomic E-state index is 13.6. The quantitative estimate of drug-likeness (QED) is 0.410. The van der Waals surface area contributed by atoms with Crippen molar-refractivity contribution in [3.8, 4) is 16.9 Å². The van der Waals surface area contributed by atoms with Crippen molar-refractivity contribution in [1.82, 2.24) is 25.0 Å². The number of aryl methyl sites for hydroxylation is 1. The second-order valence-electron chi connectivity index (χ2n) is 10.2. The van der Waals surface area contributed by atoms with Crippen molar-refractivity contribution < 1.29 is 8.78 Å². The van der Waals surface area contributed by atoms with Crippen LogP contribution in [0.5, 0.6) is 0 Å². The first-order valence-corrected chi connectivity index (χ1v) is 13.0. The Balaban J connectivity index is 1.28. The zero-order chi connectivity index (χ0) is 24.2. The summed E-state index contributed by atoms with van der Waals surface area (Å²) >= 11 is 3.53. The van der Waals surface area contributed by atoms with Crippen molar-refractivity contribution in [3.63, 3.8) is 0 Å². The summed E-state index contributed by atoms with van der Waals surface area (Å²) in [6.45, 7) is 4.50. The molecule has 0 unspecified atom stereocenters. The Kier molecular flexibility index (Phi) is 5.54. The Hall–Kier alpha value is -2.62. The Labute approximate surface area is 211 Å². The topological polar surface area (TPSA) is 63.0 Å². The van der Waals surface area contributed by atoms with Gasteiger partial charge in [-0.1, -0.05) is 5.21 Å². The predicted molar refractivity (Wildman–Crippen MR) is 134 cm³/mol. The van der Waals surface area contributed by atoms with Crippen LogP contribution in [0, 0.1) is 12.3 Å². The highest BCUT2D eigenvalue weighted by Gasteiger charge is 2.44. The van der Waals surface area contributed by atoms with E-state index in [2.05, 4.69) is 36.1 Å². The molecule has 5 heterocycles. The van der Waals surface area contributed by atoms with Gasteiger partial charge in [-0.3, -0.25) is 0 Å². The number of hydrogen-bond acceptors (Lipinski definition) is 6. The summed E-state index contributed by atoms with van der Waals surface area (Å²) in [7, 11) is 0. The van der Waals surface area contributed by atoms with Crippen LogP contribution in [0.25, 0.3) is 16.9 Å². The smallest absolute Gasteiger partial charge is 0.251 e. The number of pyridine rings is 2. The molecule has 2 aliphatic heterocycles. The molecule has 1 spiro atoms. The number of aromatic nitrogens is 5. The molecule has 3 aromatic heterocycles. The van der Waals surface area contributed by atoms with Crippen molar-refractivity contribution >= 4 is 27.6 Å². The van der Waals surface area contributed by atoms with Gasteiger partial charge in [-0.2, -0.15) is 0 Å². The Morgan fingerprint density at radius 1 is 0.886 bits per heavy atom. The molecule has 1 saturated carbocycles. The van der Waals surface area contributed by atoms with Gasteiger partial charge in [-0.25, -0.2) is 23.4 Å². The molecule has 3 aromatic rings. The van der Waals surface area contributed by atoms with Gasteiger partial charge in [0.2, 0.25) is 0 Å². The highest BCUT2D eigenvalue weighted by atomic mass is 79.9. The lowest BCUT2D eigenvalue weighted by Gasteiger charge is -2.33. The first-order chi connectivity index (χ1) is 16.8. The zero-order valence-corrected chi connectivity index (χ0v) is 21.3. The summed E-state index contributed by atoms with van der Waals surface area (Å²) in [5, 5.41) is 8.87. The molecule has 7 nitrogen and oxygen atoms in total. The third-order valence-corrected chi connectivity index (χ3v) is 8.14. The minimum absolute atomic E-state index is 0.148. The summed E-state index contributed by atoms with van der Waals surface area (Å²) in [4.78, 5) is 13.7. The SMILES string of the molecule is Cc1cc(-c2cn(-c3ccc(Br)nc3N3CCC4(CC3)CC4)nn2)cc(N2CCC(F)(F)CC2)n1. The van der Waals surface area contributed by atoms with Gasteiger partial charge < -0.3 is 9.80 Å². The second kappa shape index (κ2) is 8.50. The lowest BCUT2D eigenvalue weighted by Crippen LogP contribution is -2.39. The normalized spacial score (nSPS) is 20.9. The Morgan fingerprint density at radius 3 is 2.31 bits per heavy atom. The molecule has 0 amide bonds. The number of piperidine rings is 2. The van der Waals surface area contributed by atoms with Crippen molar-refractivity contribution in [3.05, 3.63) is 40.8 Å². The average molecular weight is 544 g/mol. The molecular weight excluding hydrogens is 516 g/mol. The molecule has 0 N–H and O–H groups in total. The lowest BCUT2D eigenvalue weighted by atomic mass is 9.94. The monoisotopic (exact) mass is 543 g/mol. The van der Waals surface area contributed by atoms with E-state index in [1.165, 1.54) is 25.7 Å². The number of rotatable bonds is 4. The van der Waals surface area contributed by atoms with Crippen LogP contribution in [0.3, 0.4) is 0 Å². The summed E-state index contributed by atoms with van der Waals surface area (Å²) in [6.07, 6.45) is 6.76. The van der Waals surface area contributed by atoms with Gasteiger partial charge in [0.15, 0.2) is 5.82 Å². The van der Waals surface area contributed by atoms with E-state index in [4.69, 9.17) is 4.98 Å². The van der Waals surface area contributed by atoms with Crippen LogP contribution in [0.15, 0.2) is 35.1 Å². The maximum atomic E-state index is 13.6. The molecule has 0 bridgehead atoms. The first-order valence-electron chi connectivity index (χ1n) is 12.3. The largest absolute Gasteiger partial charge is 0.356 e. The first kappa shape index (κ1) is 22.8. The molecule has 0 atom stereocenters. The van der Waals surface area contributed by atoms with Crippen molar-refractivity contribution in [2.45, 2.75) is 51.4 Å². The summed E-state index contributed by atoms with van der Waals surface area (Å²) in [5.41, 5.74) is 3.88. The fourth-order valence-corrected chi connectivity index (χ4v) is 5.54. The third kappa shape index (κ3) is 4.64. The molecular formula is C25H28BrF2N7. The number of hydrogen-bond donors (Lipinski definition) is 0. The zero-order valence-electron chi connectivity index (χ0n) is 19.7. The minimum atomic E-state index is -2.59. The highest BCUT2D eigenvalue weighted by Crippen LogP contribution is 2.54. The Morgan fingerprint density at radius 2 is 1.60 bits per heavy atom. The summed E-state index contributed by atoms with van der Waals surface area (Å²) in [5.74, 6) is -0.971. The molecule has 10 heteroatoms. The standard InChI is InChI=1S/C25H28BrF2N7/c1-17-14-18(15-22(29-17)33-12-8-25(27,28)9-13-33)19-16-35(32-31-19)20-2-3-21(26)30-23(20)34-10-6-24(4-5-24)7-11-34/h2-3,14-16H,4-13H2,1H3. The predicted octanol–water partition coefficient (Wildman–Crippen LogP) is 5.41. The molecule has 184 valence electrons. The lowest BCUT2D eigenvalue weighted by molar-refractivity contribution is -0.0221. The van der Waals surface area contributed by atoms with Gasteiger partial charge in [0.25, 0.3) is 5.92 Å². The molecule has 35 heavy (non-hydrogen) atoms. The van der Waals surface area contributed by atoms with Crippen LogP contribution in [0.4, 0.5) is 20.4 Å². The van der Waals surface area contributed by atoms with Gasteiger partial charge in [-0.05, 0) is 78.2 Å². The van der Waals surface area contributed by atoms with Crippen LogP contribution < -0.4 is 9.80 Å². The van der Waals surface area contributed by atoms with Crippen LogP contribution in [-0.2, 0) is 0 Å². The van der Waals surface area contributed by atoms with Crippen LogP contribution in [0.2, 0.25) is 0 Å². The molecule has 2 saturated heterocycles. The van der Waals surface area contributed by atoms with E-state index in [9.17, 15) is 8.78 Å². The van der Waals surface area contributed by atoms with Gasteiger partial charge >= 0.3 is 0 Å². The van der Waals surface area contributed by atoms with Crippen LogP contribution >= 0.6 is 15.9 Å². The molecule has 1 aliphatic carbocycles.